The number of rotatable bonds is 2. The Balaban J connectivity index is 2.73. The van der Waals surface area contributed by atoms with Crippen LogP contribution >= 0.6 is 12.6 Å². The van der Waals surface area contributed by atoms with Crippen LogP contribution in [0.15, 0.2) is 11.8 Å². The first-order valence-corrected chi connectivity index (χ1v) is 5.04. The molecule has 36 valence electrons. The zero-order valence-corrected chi connectivity index (χ0v) is 6.32. The first kappa shape index (κ1) is 6.31. The highest BCUT2D eigenvalue weighted by atomic mass is 32.1. The molecule has 0 atom stereocenters. The minimum Gasteiger partial charge on any atom is -0.175 e. The highest BCUT2D eigenvalue weighted by Crippen LogP contribution is 1.73. The van der Waals surface area contributed by atoms with E-state index in [1.807, 2.05) is 0 Å². The van der Waals surface area contributed by atoms with Crippen LogP contribution in [0.25, 0.3) is 0 Å². The average molecular weight is 118 g/mol. The molecule has 0 heterocycles. The topological polar surface area (TPSA) is 0 Å². The molecule has 0 aliphatic carbocycles. The maximum atomic E-state index is 3.99. The third-order valence-corrected chi connectivity index (χ3v) is 1.52. The maximum absolute atomic E-state index is 3.99. The fraction of sp³-hybridized carbons (Fsp3) is 0.500. The van der Waals surface area contributed by atoms with Crippen LogP contribution in [-0.2, 0) is 0 Å². The predicted molar refractivity (Wildman–Crippen MR) is 37.4 cm³/mol. The molecule has 0 saturated carbocycles. The Bertz CT molecular complexity index is 36.8. The van der Waals surface area contributed by atoms with Crippen molar-refractivity contribution in [1.29, 1.82) is 0 Å². The molecule has 0 rings (SSSR count). The Morgan fingerprint density at radius 2 is 2.50 bits per heavy atom. The molecule has 0 unspecified atom stereocenters. The van der Waals surface area contributed by atoms with E-state index in [-0.39, 0.29) is 9.52 Å². The van der Waals surface area contributed by atoms with E-state index in [4.69, 9.17) is 0 Å². The largest absolute Gasteiger partial charge is 0.175 e. The van der Waals surface area contributed by atoms with Crippen LogP contribution in [0.1, 0.15) is 0 Å². The van der Waals surface area contributed by atoms with Gasteiger partial charge >= 0.3 is 0 Å². The van der Waals surface area contributed by atoms with Crippen LogP contribution in [0.2, 0.25) is 6.55 Å². The third-order valence-electron chi connectivity index (χ3n) is 0.508. The SMILES string of the molecule is C[SiH2]C=CCS. The van der Waals surface area contributed by atoms with E-state index < -0.39 is 0 Å². The van der Waals surface area contributed by atoms with Crippen LogP contribution in [0.3, 0.4) is 0 Å². The summed E-state index contributed by atoms with van der Waals surface area (Å²) in [6, 6.07) is 0. The minimum absolute atomic E-state index is 0.174. The summed E-state index contributed by atoms with van der Waals surface area (Å²) < 4.78 is 0. The van der Waals surface area contributed by atoms with E-state index in [2.05, 4.69) is 31.0 Å². The molecule has 0 radical (unpaired) electrons. The van der Waals surface area contributed by atoms with Gasteiger partial charge in [0.15, 0.2) is 0 Å². The molecule has 0 saturated heterocycles. The molecule has 0 spiro atoms. The summed E-state index contributed by atoms with van der Waals surface area (Å²) >= 11 is 3.99. The van der Waals surface area contributed by atoms with Gasteiger partial charge in [0, 0.05) is 15.3 Å². The molecule has 6 heavy (non-hydrogen) atoms. The molecule has 0 aromatic heterocycles. The van der Waals surface area contributed by atoms with Crippen molar-refractivity contribution in [3.05, 3.63) is 11.8 Å². The fourth-order valence-corrected chi connectivity index (χ4v) is 1.17. The molecular weight excluding hydrogens is 108 g/mol. The Labute approximate surface area is 46.9 Å². The molecule has 0 aromatic rings. The standard InChI is InChI=1S/C4H10SSi/c1-6-4-2-3-5/h2,4-5H,3,6H2,1H3. The molecule has 0 aliphatic rings. The van der Waals surface area contributed by atoms with Crippen LogP contribution < -0.4 is 0 Å². The van der Waals surface area contributed by atoms with Gasteiger partial charge in [-0.05, 0) is 0 Å². The van der Waals surface area contributed by atoms with E-state index >= 15 is 0 Å². The molecule has 2 heteroatoms. The molecule has 0 aliphatic heterocycles. The van der Waals surface area contributed by atoms with Gasteiger partial charge in [-0.25, -0.2) is 0 Å². The Morgan fingerprint density at radius 3 is 2.67 bits per heavy atom. The Morgan fingerprint density at radius 1 is 1.83 bits per heavy atom. The highest BCUT2D eigenvalue weighted by molar-refractivity contribution is 7.80. The zero-order valence-electron chi connectivity index (χ0n) is 4.02. The maximum Gasteiger partial charge on any atom is 0.0419 e. The van der Waals surface area contributed by atoms with E-state index in [1.54, 1.807) is 0 Å². The van der Waals surface area contributed by atoms with Gasteiger partial charge in [0.25, 0.3) is 0 Å². The van der Waals surface area contributed by atoms with E-state index in [0.717, 1.165) is 5.75 Å². The Hall–Kier alpha value is 0.307. The predicted octanol–water partition coefficient (Wildman–Crippen LogP) is 0.647. The van der Waals surface area contributed by atoms with Crippen molar-refractivity contribution in [1.82, 2.24) is 0 Å². The lowest BCUT2D eigenvalue weighted by Crippen LogP contribution is -1.69. The first-order valence-electron chi connectivity index (χ1n) is 2.17. The van der Waals surface area contributed by atoms with Gasteiger partial charge in [0.2, 0.25) is 0 Å². The van der Waals surface area contributed by atoms with Gasteiger partial charge in [-0.2, -0.15) is 12.6 Å². The van der Waals surface area contributed by atoms with Gasteiger partial charge in [-0.3, -0.25) is 0 Å². The molecule has 0 amide bonds. The van der Waals surface area contributed by atoms with Gasteiger partial charge < -0.3 is 0 Å². The summed E-state index contributed by atoms with van der Waals surface area (Å²) in [5.41, 5.74) is 2.24. The van der Waals surface area contributed by atoms with Crippen LogP contribution in [0.4, 0.5) is 0 Å². The summed E-state index contributed by atoms with van der Waals surface area (Å²) in [6.07, 6.45) is 2.11. The molecule has 0 fully saturated rings. The van der Waals surface area contributed by atoms with Gasteiger partial charge in [0.1, 0.15) is 0 Å². The van der Waals surface area contributed by atoms with E-state index in [9.17, 15) is 0 Å². The van der Waals surface area contributed by atoms with Crippen LogP contribution in [-0.4, -0.2) is 15.3 Å². The van der Waals surface area contributed by atoms with Crippen molar-refractivity contribution in [2.45, 2.75) is 6.55 Å². The van der Waals surface area contributed by atoms with Crippen LogP contribution in [0.5, 0.6) is 0 Å². The molecule has 0 nitrogen and oxygen atoms in total. The van der Waals surface area contributed by atoms with Gasteiger partial charge in [-0.15, -0.1) is 5.70 Å². The second-order valence-electron chi connectivity index (χ2n) is 1.06. The summed E-state index contributed by atoms with van der Waals surface area (Å²) in [5.74, 6) is 0.904. The van der Waals surface area contributed by atoms with Gasteiger partial charge in [-0.1, -0.05) is 12.6 Å². The smallest absolute Gasteiger partial charge is 0.0419 e. The molecule has 0 N–H and O–H groups in total. The number of thiol groups is 1. The number of hydrogen-bond acceptors (Lipinski definition) is 1. The summed E-state index contributed by atoms with van der Waals surface area (Å²) in [7, 11) is 0.174. The fourth-order valence-electron chi connectivity index (χ4n) is 0.241. The second kappa shape index (κ2) is 5.31. The normalized spacial score (nSPS) is 12.3. The summed E-state index contributed by atoms with van der Waals surface area (Å²) in [4.78, 5) is 0. The van der Waals surface area contributed by atoms with Crippen molar-refractivity contribution in [2.24, 2.45) is 0 Å². The molecule has 0 bridgehead atoms. The van der Waals surface area contributed by atoms with Crippen molar-refractivity contribution < 1.29 is 0 Å². The molecule has 0 aromatic carbocycles. The zero-order chi connectivity index (χ0) is 4.83. The van der Waals surface area contributed by atoms with Crippen LogP contribution in [0, 0.1) is 0 Å². The van der Waals surface area contributed by atoms with E-state index in [0.29, 0.717) is 0 Å². The molecular formula is C4H10SSi. The third kappa shape index (κ3) is 4.31. The lowest BCUT2D eigenvalue weighted by atomic mass is 10.8. The van der Waals surface area contributed by atoms with Crippen molar-refractivity contribution in [2.75, 3.05) is 5.75 Å². The highest BCUT2D eigenvalue weighted by Gasteiger charge is 1.61. The Kier molecular flexibility index (Phi) is 5.58. The monoisotopic (exact) mass is 118 g/mol. The number of hydrogen-bond donors (Lipinski definition) is 1. The van der Waals surface area contributed by atoms with Crippen molar-refractivity contribution >= 4 is 22.1 Å². The van der Waals surface area contributed by atoms with Crippen molar-refractivity contribution in [3.63, 3.8) is 0 Å². The van der Waals surface area contributed by atoms with E-state index in [1.165, 1.54) is 0 Å². The quantitative estimate of drug-likeness (QED) is 0.399. The first-order chi connectivity index (χ1) is 2.91. The summed E-state index contributed by atoms with van der Waals surface area (Å²) in [5, 5.41) is 0. The minimum atomic E-state index is 0.174. The van der Waals surface area contributed by atoms with Gasteiger partial charge in [0.05, 0.1) is 0 Å². The lowest BCUT2D eigenvalue weighted by Gasteiger charge is -1.71. The lowest BCUT2D eigenvalue weighted by molar-refractivity contribution is 1.82. The second-order valence-corrected chi connectivity index (χ2v) is 2.72. The average Bonchev–Trinajstić information content (AvgIpc) is 1.61. The summed E-state index contributed by atoms with van der Waals surface area (Å²) in [6.45, 7) is 2.25. The van der Waals surface area contributed by atoms with Crippen molar-refractivity contribution in [3.8, 4) is 0 Å².